The Morgan fingerprint density at radius 3 is 2.69 bits per heavy atom. The third kappa shape index (κ3) is 4.55. The first-order chi connectivity index (χ1) is 12.6. The molecule has 2 saturated heterocycles. The Hall–Kier alpha value is -2.08. The minimum Gasteiger partial charge on any atom is -0.491 e. The zero-order valence-corrected chi connectivity index (χ0v) is 15.5. The van der Waals surface area contributed by atoms with Crippen LogP contribution in [0.25, 0.3) is 0 Å². The first-order valence-electron chi connectivity index (χ1n) is 9.40. The highest BCUT2D eigenvalue weighted by atomic mass is 16.5. The van der Waals surface area contributed by atoms with E-state index >= 15 is 0 Å². The van der Waals surface area contributed by atoms with E-state index in [0.29, 0.717) is 32.5 Å². The summed E-state index contributed by atoms with van der Waals surface area (Å²) < 4.78 is 11.7. The predicted molar refractivity (Wildman–Crippen MR) is 97.9 cm³/mol. The maximum atomic E-state index is 12.6. The number of benzene rings is 1. The number of hydrogen-bond donors (Lipinski definition) is 0. The molecule has 0 aromatic heterocycles. The van der Waals surface area contributed by atoms with E-state index in [4.69, 9.17) is 9.47 Å². The summed E-state index contributed by atoms with van der Waals surface area (Å²) in [4.78, 5) is 28.0. The van der Waals surface area contributed by atoms with E-state index in [0.717, 1.165) is 38.1 Å². The number of rotatable bonds is 7. The van der Waals surface area contributed by atoms with E-state index in [1.165, 1.54) is 0 Å². The van der Waals surface area contributed by atoms with Crippen LogP contribution in [0.4, 0.5) is 0 Å². The molecule has 0 aliphatic carbocycles. The average Bonchev–Trinajstić information content (AvgIpc) is 3.10. The number of methoxy groups -OCH3 is 1. The van der Waals surface area contributed by atoms with Crippen LogP contribution in [0.1, 0.15) is 32.1 Å². The maximum Gasteiger partial charge on any atom is 0.224 e. The Labute approximate surface area is 155 Å². The van der Waals surface area contributed by atoms with Crippen molar-refractivity contribution in [1.29, 1.82) is 0 Å². The largest absolute Gasteiger partial charge is 0.491 e. The molecule has 1 atom stereocenters. The number of nitrogens with zero attached hydrogens (tertiary/aromatic N) is 2. The van der Waals surface area contributed by atoms with Crippen LogP contribution in [0.5, 0.6) is 5.75 Å². The molecule has 1 aromatic carbocycles. The third-order valence-corrected chi connectivity index (χ3v) is 5.34. The number of ether oxygens (including phenoxy) is 2. The maximum absolute atomic E-state index is 12.6. The molecule has 2 aliphatic heterocycles. The molecule has 2 aliphatic rings. The highest BCUT2D eigenvalue weighted by Gasteiger charge is 2.38. The molecule has 1 unspecified atom stereocenters. The molecule has 26 heavy (non-hydrogen) atoms. The second-order valence-corrected chi connectivity index (χ2v) is 7.14. The summed E-state index contributed by atoms with van der Waals surface area (Å²) in [5.41, 5.74) is -0.479. The molecule has 1 aromatic rings. The molecule has 0 radical (unpaired) electrons. The third-order valence-electron chi connectivity index (χ3n) is 5.34. The topological polar surface area (TPSA) is 59.1 Å². The van der Waals surface area contributed by atoms with Gasteiger partial charge in [-0.25, -0.2) is 0 Å². The van der Waals surface area contributed by atoms with Crippen molar-refractivity contribution < 1.29 is 19.1 Å². The Morgan fingerprint density at radius 1 is 1.19 bits per heavy atom. The molecular formula is C20H28N2O4. The van der Waals surface area contributed by atoms with Crippen LogP contribution in [0.2, 0.25) is 0 Å². The van der Waals surface area contributed by atoms with E-state index in [1.54, 1.807) is 12.0 Å². The first kappa shape index (κ1) is 18.7. The SMILES string of the molecule is COC1(COc2ccccc2)CCCN(C(=O)CCN2CCCC2=O)C1. The summed E-state index contributed by atoms with van der Waals surface area (Å²) in [5.74, 6) is 1.06. The molecule has 6 heteroatoms. The molecule has 2 amide bonds. The molecule has 0 N–H and O–H groups in total. The lowest BCUT2D eigenvalue weighted by Crippen LogP contribution is -2.54. The fourth-order valence-electron chi connectivity index (χ4n) is 3.72. The standard InChI is InChI=1S/C20H28N2O4/c1-25-20(16-26-17-7-3-2-4-8-17)11-6-13-22(15-20)19(24)10-14-21-12-5-9-18(21)23/h2-4,7-8H,5-6,9-16H2,1H3. The van der Waals surface area contributed by atoms with Crippen LogP contribution in [0, 0.1) is 0 Å². The number of amides is 2. The van der Waals surface area contributed by atoms with Crippen molar-refractivity contribution in [2.24, 2.45) is 0 Å². The van der Waals surface area contributed by atoms with Gasteiger partial charge in [0.05, 0.1) is 6.54 Å². The van der Waals surface area contributed by atoms with Crippen LogP contribution in [-0.2, 0) is 14.3 Å². The molecule has 3 rings (SSSR count). The summed E-state index contributed by atoms with van der Waals surface area (Å²) in [6.07, 6.45) is 3.65. The number of likely N-dealkylation sites (tertiary alicyclic amines) is 2. The van der Waals surface area contributed by atoms with Gasteiger partial charge < -0.3 is 19.3 Å². The van der Waals surface area contributed by atoms with Gasteiger partial charge in [0.2, 0.25) is 11.8 Å². The molecular weight excluding hydrogens is 332 g/mol. The van der Waals surface area contributed by atoms with Crippen molar-refractivity contribution in [3.63, 3.8) is 0 Å². The van der Waals surface area contributed by atoms with E-state index in [2.05, 4.69) is 0 Å². The Kier molecular flexibility index (Phi) is 6.14. The van der Waals surface area contributed by atoms with Gasteiger partial charge in [-0.3, -0.25) is 9.59 Å². The number of piperidine rings is 1. The van der Waals surface area contributed by atoms with Gasteiger partial charge in [-0.05, 0) is 31.4 Å². The number of hydrogen-bond acceptors (Lipinski definition) is 4. The lowest BCUT2D eigenvalue weighted by Gasteiger charge is -2.41. The summed E-state index contributed by atoms with van der Waals surface area (Å²) >= 11 is 0. The predicted octanol–water partition coefficient (Wildman–Crippen LogP) is 2.09. The molecule has 0 spiro atoms. The highest BCUT2D eigenvalue weighted by molar-refractivity contribution is 5.80. The van der Waals surface area contributed by atoms with Gasteiger partial charge in [-0.1, -0.05) is 18.2 Å². The van der Waals surface area contributed by atoms with Crippen molar-refractivity contribution in [3.05, 3.63) is 30.3 Å². The second kappa shape index (κ2) is 8.54. The zero-order chi connectivity index (χ0) is 18.4. The van der Waals surface area contributed by atoms with Gasteiger partial charge in [0.15, 0.2) is 0 Å². The van der Waals surface area contributed by atoms with Gasteiger partial charge in [0.25, 0.3) is 0 Å². The average molecular weight is 360 g/mol. The smallest absolute Gasteiger partial charge is 0.224 e. The van der Waals surface area contributed by atoms with Crippen molar-refractivity contribution in [1.82, 2.24) is 9.80 Å². The monoisotopic (exact) mass is 360 g/mol. The Morgan fingerprint density at radius 2 is 2.00 bits per heavy atom. The van der Waals surface area contributed by atoms with Gasteiger partial charge in [0, 0.05) is 39.6 Å². The lowest BCUT2D eigenvalue weighted by molar-refractivity contribution is -0.143. The molecule has 142 valence electrons. The Balaban J connectivity index is 1.53. The van der Waals surface area contributed by atoms with Crippen molar-refractivity contribution >= 4 is 11.8 Å². The van der Waals surface area contributed by atoms with Crippen LogP contribution in [0.3, 0.4) is 0 Å². The van der Waals surface area contributed by atoms with Gasteiger partial charge >= 0.3 is 0 Å². The van der Waals surface area contributed by atoms with Gasteiger partial charge in [-0.15, -0.1) is 0 Å². The second-order valence-electron chi connectivity index (χ2n) is 7.14. The number of para-hydroxylation sites is 1. The molecule has 0 bridgehead atoms. The van der Waals surface area contributed by atoms with Crippen LogP contribution in [-0.4, -0.2) is 67.1 Å². The number of carbonyl (C=O) groups is 2. The molecule has 2 fully saturated rings. The Bertz CT molecular complexity index is 621. The fraction of sp³-hybridized carbons (Fsp3) is 0.600. The van der Waals surface area contributed by atoms with Crippen LogP contribution in [0.15, 0.2) is 30.3 Å². The normalized spacial score (nSPS) is 23.3. The van der Waals surface area contributed by atoms with E-state index in [1.807, 2.05) is 35.2 Å². The molecule has 6 nitrogen and oxygen atoms in total. The molecule has 0 saturated carbocycles. The van der Waals surface area contributed by atoms with E-state index in [9.17, 15) is 9.59 Å². The quantitative estimate of drug-likeness (QED) is 0.747. The fourth-order valence-corrected chi connectivity index (χ4v) is 3.72. The van der Waals surface area contributed by atoms with Gasteiger partial charge in [-0.2, -0.15) is 0 Å². The van der Waals surface area contributed by atoms with E-state index in [-0.39, 0.29) is 11.8 Å². The lowest BCUT2D eigenvalue weighted by atomic mass is 9.93. The van der Waals surface area contributed by atoms with E-state index < -0.39 is 5.60 Å². The van der Waals surface area contributed by atoms with Crippen LogP contribution < -0.4 is 4.74 Å². The summed E-state index contributed by atoms with van der Waals surface area (Å²) in [7, 11) is 1.69. The zero-order valence-electron chi connectivity index (χ0n) is 15.5. The summed E-state index contributed by atoms with van der Waals surface area (Å²) in [6, 6.07) is 9.66. The summed E-state index contributed by atoms with van der Waals surface area (Å²) in [5, 5.41) is 0. The minimum atomic E-state index is -0.479. The molecule has 2 heterocycles. The minimum absolute atomic E-state index is 0.0885. The van der Waals surface area contributed by atoms with Gasteiger partial charge in [0.1, 0.15) is 18.0 Å². The van der Waals surface area contributed by atoms with Crippen molar-refractivity contribution in [3.8, 4) is 5.75 Å². The van der Waals surface area contributed by atoms with Crippen LogP contribution >= 0.6 is 0 Å². The first-order valence-corrected chi connectivity index (χ1v) is 9.40. The van der Waals surface area contributed by atoms with Crippen molar-refractivity contribution in [2.75, 3.05) is 39.9 Å². The number of carbonyl (C=O) groups excluding carboxylic acids is 2. The highest BCUT2D eigenvalue weighted by Crippen LogP contribution is 2.26. The summed E-state index contributed by atoms with van der Waals surface area (Å²) in [6.45, 7) is 2.99. The van der Waals surface area contributed by atoms with Crippen molar-refractivity contribution in [2.45, 2.75) is 37.7 Å².